The number of rotatable bonds is 4. The summed E-state index contributed by atoms with van der Waals surface area (Å²) in [4.78, 5) is 16.6. The third-order valence-electron chi connectivity index (χ3n) is 2.69. The maximum atomic E-state index is 11.8. The molecule has 0 spiro atoms. The molecular formula is C15H11Cl3N2O2. The van der Waals surface area contributed by atoms with Gasteiger partial charge in [-0.25, -0.2) is 4.79 Å². The van der Waals surface area contributed by atoms with Gasteiger partial charge in [0.2, 0.25) is 0 Å². The second-order valence-corrected chi connectivity index (χ2v) is 5.66. The van der Waals surface area contributed by atoms with Crippen molar-refractivity contribution in [3.8, 4) is 0 Å². The summed E-state index contributed by atoms with van der Waals surface area (Å²) < 4.78 is 0. The number of nitrogens with two attached hydrogens (primary N) is 1. The second kappa shape index (κ2) is 7.49. The van der Waals surface area contributed by atoms with Crippen molar-refractivity contribution >= 4 is 46.6 Å². The summed E-state index contributed by atoms with van der Waals surface area (Å²) in [5.41, 5.74) is 6.74. The van der Waals surface area contributed by atoms with Crippen LogP contribution in [-0.4, -0.2) is 11.8 Å². The quantitative estimate of drug-likeness (QED) is 0.383. The largest absolute Gasteiger partial charge is 0.384 e. The van der Waals surface area contributed by atoms with Gasteiger partial charge >= 0.3 is 5.97 Å². The fourth-order valence-corrected chi connectivity index (χ4v) is 2.33. The van der Waals surface area contributed by atoms with Crippen LogP contribution in [0.4, 0.5) is 0 Å². The zero-order valence-corrected chi connectivity index (χ0v) is 13.5. The van der Waals surface area contributed by atoms with Crippen LogP contribution in [0.5, 0.6) is 0 Å². The van der Waals surface area contributed by atoms with Crippen LogP contribution < -0.4 is 5.73 Å². The molecule has 0 fully saturated rings. The minimum absolute atomic E-state index is 0.111. The van der Waals surface area contributed by atoms with Crippen LogP contribution in [0.15, 0.2) is 47.6 Å². The van der Waals surface area contributed by atoms with E-state index in [-0.39, 0.29) is 17.8 Å². The van der Waals surface area contributed by atoms with Crippen LogP contribution in [0.25, 0.3) is 0 Å². The monoisotopic (exact) mass is 356 g/mol. The molecule has 0 aliphatic heterocycles. The summed E-state index contributed by atoms with van der Waals surface area (Å²) in [6, 6.07) is 11.4. The normalized spacial score (nSPS) is 11.3. The summed E-state index contributed by atoms with van der Waals surface area (Å²) in [6.45, 7) is 0. The summed E-state index contributed by atoms with van der Waals surface area (Å²) in [5.74, 6) is -0.535. The van der Waals surface area contributed by atoms with E-state index < -0.39 is 5.97 Å². The first-order valence-electron chi connectivity index (χ1n) is 6.19. The van der Waals surface area contributed by atoms with Crippen LogP contribution in [-0.2, 0) is 11.3 Å². The van der Waals surface area contributed by atoms with Gasteiger partial charge in [-0.1, -0.05) is 52.1 Å². The van der Waals surface area contributed by atoms with E-state index in [0.717, 1.165) is 5.56 Å². The van der Waals surface area contributed by atoms with Gasteiger partial charge in [0.15, 0.2) is 0 Å². The van der Waals surface area contributed by atoms with Gasteiger partial charge < -0.3 is 10.6 Å². The lowest BCUT2D eigenvalue weighted by molar-refractivity contribution is 0.0515. The lowest BCUT2D eigenvalue weighted by Crippen LogP contribution is -2.17. The summed E-state index contributed by atoms with van der Waals surface area (Å²) >= 11 is 17.6. The van der Waals surface area contributed by atoms with Gasteiger partial charge in [-0.2, -0.15) is 0 Å². The Morgan fingerprint density at radius 2 is 1.82 bits per heavy atom. The molecule has 2 rings (SSSR count). The van der Waals surface area contributed by atoms with Crippen molar-refractivity contribution in [3.63, 3.8) is 0 Å². The van der Waals surface area contributed by atoms with E-state index in [1.54, 1.807) is 36.4 Å². The predicted octanol–water partition coefficient (Wildman–Crippen LogP) is 4.32. The minimum Gasteiger partial charge on any atom is -0.384 e. The van der Waals surface area contributed by atoms with Gasteiger partial charge in [0, 0.05) is 21.5 Å². The molecule has 2 aromatic carbocycles. The molecule has 0 unspecified atom stereocenters. The Labute approximate surface area is 142 Å². The van der Waals surface area contributed by atoms with Gasteiger partial charge in [-0.05, 0) is 35.9 Å². The van der Waals surface area contributed by atoms with E-state index in [0.29, 0.717) is 15.1 Å². The molecule has 0 amide bonds. The van der Waals surface area contributed by atoms with Gasteiger partial charge in [-0.15, -0.1) is 0 Å². The van der Waals surface area contributed by atoms with Crippen molar-refractivity contribution in [2.75, 3.05) is 0 Å². The first-order chi connectivity index (χ1) is 10.5. The standard InChI is InChI=1S/C15H11Cl3N2O2/c16-11-3-1-2-10(6-11)15(21)22-20-14(19)7-9-4-5-12(17)8-13(9)18/h1-6,8H,7H2,(H2,19,20). The Kier molecular flexibility index (Phi) is 5.66. The van der Waals surface area contributed by atoms with Crippen molar-refractivity contribution in [2.45, 2.75) is 6.42 Å². The fraction of sp³-hybridized carbons (Fsp3) is 0.0667. The zero-order valence-electron chi connectivity index (χ0n) is 11.2. The van der Waals surface area contributed by atoms with Crippen LogP contribution in [0, 0.1) is 0 Å². The van der Waals surface area contributed by atoms with Gasteiger partial charge in [-0.3, -0.25) is 0 Å². The van der Waals surface area contributed by atoms with Crippen LogP contribution >= 0.6 is 34.8 Å². The molecule has 114 valence electrons. The van der Waals surface area contributed by atoms with Crippen molar-refractivity contribution in [3.05, 3.63) is 68.7 Å². The molecule has 2 N–H and O–H groups in total. The highest BCUT2D eigenvalue weighted by atomic mass is 35.5. The number of benzene rings is 2. The third-order valence-corrected chi connectivity index (χ3v) is 3.51. The van der Waals surface area contributed by atoms with E-state index in [1.807, 2.05) is 0 Å². The molecule has 22 heavy (non-hydrogen) atoms. The zero-order chi connectivity index (χ0) is 16.1. The second-order valence-electron chi connectivity index (χ2n) is 4.38. The molecule has 0 atom stereocenters. The smallest absolute Gasteiger partial charge is 0.365 e. The Balaban J connectivity index is 2.02. The molecule has 0 aliphatic carbocycles. The van der Waals surface area contributed by atoms with Crippen molar-refractivity contribution in [1.82, 2.24) is 0 Å². The number of hydrogen-bond acceptors (Lipinski definition) is 3. The Morgan fingerprint density at radius 1 is 1.09 bits per heavy atom. The molecule has 0 radical (unpaired) electrons. The van der Waals surface area contributed by atoms with Crippen LogP contribution in [0.1, 0.15) is 15.9 Å². The van der Waals surface area contributed by atoms with Gasteiger partial charge in [0.25, 0.3) is 0 Å². The molecule has 0 aromatic heterocycles. The number of carbonyl (C=O) groups is 1. The van der Waals surface area contributed by atoms with Gasteiger partial charge in [0.1, 0.15) is 5.84 Å². The molecule has 7 heteroatoms. The maximum Gasteiger partial charge on any atom is 0.365 e. The van der Waals surface area contributed by atoms with E-state index in [1.165, 1.54) is 6.07 Å². The first-order valence-corrected chi connectivity index (χ1v) is 7.32. The highest BCUT2D eigenvalue weighted by Gasteiger charge is 2.09. The Hall–Kier alpha value is -1.75. The number of carbonyl (C=O) groups excluding carboxylic acids is 1. The van der Waals surface area contributed by atoms with Crippen LogP contribution in [0.3, 0.4) is 0 Å². The van der Waals surface area contributed by atoms with Crippen molar-refractivity contribution in [1.29, 1.82) is 0 Å². The van der Waals surface area contributed by atoms with Crippen molar-refractivity contribution in [2.24, 2.45) is 10.9 Å². The lowest BCUT2D eigenvalue weighted by Gasteiger charge is -2.04. The molecule has 4 nitrogen and oxygen atoms in total. The van der Waals surface area contributed by atoms with E-state index in [4.69, 9.17) is 45.4 Å². The molecular weight excluding hydrogens is 347 g/mol. The molecule has 0 aliphatic rings. The van der Waals surface area contributed by atoms with Gasteiger partial charge in [0.05, 0.1) is 5.56 Å². The average molecular weight is 358 g/mol. The fourth-order valence-electron chi connectivity index (χ4n) is 1.66. The Bertz CT molecular complexity index is 732. The Morgan fingerprint density at radius 3 is 2.50 bits per heavy atom. The number of halogens is 3. The molecule has 2 aromatic rings. The number of amidine groups is 1. The third kappa shape index (κ3) is 4.63. The average Bonchev–Trinajstić information content (AvgIpc) is 2.47. The molecule has 0 saturated carbocycles. The summed E-state index contributed by atoms with van der Waals surface area (Å²) in [5, 5.41) is 5.02. The topological polar surface area (TPSA) is 64.7 Å². The molecule has 0 bridgehead atoms. The first kappa shape index (κ1) is 16.6. The molecule has 0 saturated heterocycles. The summed E-state index contributed by atoms with van der Waals surface area (Å²) in [7, 11) is 0. The maximum absolute atomic E-state index is 11.8. The highest BCUT2D eigenvalue weighted by Crippen LogP contribution is 2.21. The van der Waals surface area contributed by atoms with E-state index >= 15 is 0 Å². The minimum atomic E-state index is -0.646. The SMILES string of the molecule is NC(Cc1ccc(Cl)cc1Cl)=NOC(=O)c1cccc(Cl)c1. The summed E-state index contributed by atoms with van der Waals surface area (Å²) in [6.07, 6.45) is 0.235. The van der Waals surface area contributed by atoms with Crippen LogP contribution in [0.2, 0.25) is 15.1 Å². The predicted molar refractivity (Wildman–Crippen MR) is 88.7 cm³/mol. The van der Waals surface area contributed by atoms with E-state index in [2.05, 4.69) is 5.16 Å². The van der Waals surface area contributed by atoms with E-state index in [9.17, 15) is 4.79 Å². The highest BCUT2D eigenvalue weighted by molar-refractivity contribution is 6.35. The lowest BCUT2D eigenvalue weighted by atomic mass is 10.1. The number of oxime groups is 1. The molecule has 0 heterocycles. The number of nitrogens with zero attached hydrogens (tertiary/aromatic N) is 1. The van der Waals surface area contributed by atoms with Crippen molar-refractivity contribution < 1.29 is 9.63 Å². The number of hydrogen-bond donors (Lipinski definition) is 1.